The second kappa shape index (κ2) is 8.95. The minimum atomic E-state index is -0.548. The van der Waals surface area contributed by atoms with Gasteiger partial charge in [-0.1, -0.05) is 24.3 Å². The zero-order valence-corrected chi connectivity index (χ0v) is 17.4. The molecule has 0 radical (unpaired) electrons. The van der Waals surface area contributed by atoms with Gasteiger partial charge < -0.3 is 10.1 Å². The molecule has 1 atom stereocenters. The largest absolute Gasteiger partial charge is 0.444 e. The van der Waals surface area contributed by atoms with Crippen LogP contribution < -0.4 is 5.32 Å². The lowest BCUT2D eigenvalue weighted by molar-refractivity contribution is -0.125. The van der Waals surface area contributed by atoms with E-state index < -0.39 is 17.7 Å². The van der Waals surface area contributed by atoms with Gasteiger partial charge in [-0.2, -0.15) is 0 Å². The Morgan fingerprint density at radius 1 is 1.18 bits per heavy atom. The lowest BCUT2D eigenvalue weighted by Gasteiger charge is -2.29. The number of amides is 2. The second-order valence-electron chi connectivity index (χ2n) is 8.77. The van der Waals surface area contributed by atoms with Crippen LogP contribution in [0.15, 0.2) is 24.3 Å². The van der Waals surface area contributed by atoms with Crippen molar-refractivity contribution in [3.8, 4) is 0 Å². The Bertz CT molecular complexity index is 699. The first kappa shape index (κ1) is 20.6. The molecular formula is C22H33N3O3. The zero-order valence-electron chi connectivity index (χ0n) is 17.4. The van der Waals surface area contributed by atoms with Gasteiger partial charge in [-0.3, -0.25) is 14.6 Å². The number of nitrogens with one attached hydrogen (secondary N) is 1. The summed E-state index contributed by atoms with van der Waals surface area (Å²) in [7, 11) is 0. The van der Waals surface area contributed by atoms with E-state index in [1.165, 1.54) is 11.1 Å². The SMILES string of the molecule is CC(C)(C)OC(=O)N1CCCC1C(=O)NCCCN1CCc2ccccc2C1. The van der Waals surface area contributed by atoms with E-state index >= 15 is 0 Å². The van der Waals surface area contributed by atoms with Crippen molar-refractivity contribution in [2.24, 2.45) is 0 Å². The highest BCUT2D eigenvalue weighted by Crippen LogP contribution is 2.21. The Balaban J connectivity index is 1.40. The maximum Gasteiger partial charge on any atom is 0.410 e. The summed E-state index contributed by atoms with van der Waals surface area (Å²) in [6, 6.07) is 8.21. The number of carbonyl (C=O) groups excluding carboxylic acids is 2. The van der Waals surface area contributed by atoms with Gasteiger partial charge in [0.15, 0.2) is 0 Å². The standard InChI is InChI=1S/C22H33N3O3/c1-22(2,3)28-21(27)25-14-6-10-19(25)20(26)23-12-7-13-24-15-11-17-8-4-5-9-18(17)16-24/h4-5,8-9,19H,6-7,10-16H2,1-3H3,(H,23,26). The minimum Gasteiger partial charge on any atom is -0.444 e. The summed E-state index contributed by atoms with van der Waals surface area (Å²) in [5.74, 6) is -0.0626. The Morgan fingerprint density at radius 2 is 1.93 bits per heavy atom. The predicted molar refractivity (Wildman–Crippen MR) is 109 cm³/mol. The summed E-state index contributed by atoms with van der Waals surface area (Å²) in [5, 5.41) is 3.02. The molecule has 6 heteroatoms. The molecule has 1 aromatic rings. The van der Waals surface area contributed by atoms with Crippen LogP contribution in [0.1, 0.15) is 51.2 Å². The van der Waals surface area contributed by atoms with Gasteiger partial charge in [-0.25, -0.2) is 4.79 Å². The predicted octanol–water partition coefficient (Wildman–Crippen LogP) is 2.95. The third kappa shape index (κ3) is 5.47. The number of carbonyl (C=O) groups is 2. The molecule has 6 nitrogen and oxygen atoms in total. The highest BCUT2D eigenvalue weighted by Gasteiger charge is 2.36. The lowest BCUT2D eigenvalue weighted by atomic mass is 10.00. The van der Waals surface area contributed by atoms with E-state index in [0.29, 0.717) is 19.5 Å². The van der Waals surface area contributed by atoms with Crippen LogP contribution in [0.4, 0.5) is 4.79 Å². The number of hydrogen-bond donors (Lipinski definition) is 1. The van der Waals surface area contributed by atoms with Gasteiger partial charge in [0.05, 0.1) is 0 Å². The van der Waals surface area contributed by atoms with Crippen LogP contribution in [0.3, 0.4) is 0 Å². The fraction of sp³-hybridized carbons (Fsp3) is 0.636. The molecule has 0 bridgehead atoms. The highest BCUT2D eigenvalue weighted by molar-refractivity contribution is 5.86. The van der Waals surface area contributed by atoms with Crippen molar-refractivity contribution in [2.45, 2.75) is 64.6 Å². The molecule has 0 aromatic heterocycles. The number of likely N-dealkylation sites (tertiary alicyclic amines) is 1. The average Bonchev–Trinajstić information content (AvgIpc) is 3.14. The van der Waals surface area contributed by atoms with Gasteiger partial charge in [0.1, 0.15) is 11.6 Å². The summed E-state index contributed by atoms with van der Waals surface area (Å²) >= 11 is 0. The third-order valence-electron chi connectivity index (χ3n) is 5.34. The molecule has 28 heavy (non-hydrogen) atoms. The van der Waals surface area contributed by atoms with Crippen LogP contribution >= 0.6 is 0 Å². The average molecular weight is 388 g/mol. The Kier molecular flexibility index (Phi) is 6.60. The van der Waals surface area contributed by atoms with Crippen LogP contribution in [0.25, 0.3) is 0 Å². The van der Waals surface area contributed by atoms with Crippen molar-refractivity contribution in [1.82, 2.24) is 15.1 Å². The van der Waals surface area contributed by atoms with Crippen molar-refractivity contribution in [2.75, 3.05) is 26.2 Å². The fourth-order valence-electron chi connectivity index (χ4n) is 3.96. The highest BCUT2D eigenvalue weighted by atomic mass is 16.6. The molecule has 0 spiro atoms. The Hall–Kier alpha value is -2.08. The van der Waals surface area contributed by atoms with E-state index in [1.54, 1.807) is 4.90 Å². The lowest BCUT2D eigenvalue weighted by Crippen LogP contribution is -2.48. The monoisotopic (exact) mass is 387 g/mol. The van der Waals surface area contributed by atoms with Gasteiger partial charge in [0.2, 0.25) is 5.91 Å². The summed E-state index contributed by atoms with van der Waals surface area (Å²) in [6.07, 6.45) is 3.15. The smallest absolute Gasteiger partial charge is 0.410 e. The molecule has 1 saturated heterocycles. The van der Waals surface area contributed by atoms with E-state index in [2.05, 4.69) is 34.5 Å². The van der Waals surface area contributed by atoms with Gasteiger partial charge in [-0.05, 0) is 57.6 Å². The molecule has 2 amide bonds. The first-order valence-corrected chi connectivity index (χ1v) is 10.4. The molecule has 2 aliphatic rings. The minimum absolute atomic E-state index is 0.0626. The summed E-state index contributed by atoms with van der Waals surface area (Å²) in [6.45, 7) is 9.77. The number of hydrogen-bond acceptors (Lipinski definition) is 4. The Morgan fingerprint density at radius 3 is 2.68 bits per heavy atom. The summed E-state index contributed by atoms with van der Waals surface area (Å²) in [4.78, 5) is 28.9. The van der Waals surface area contributed by atoms with Crippen molar-refractivity contribution in [3.63, 3.8) is 0 Å². The second-order valence-corrected chi connectivity index (χ2v) is 8.77. The zero-order chi connectivity index (χ0) is 20.1. The molecular weight excluding hydrogens is 354 g/mol. The van der Waals surface area contributed by atoms with Gasteiger partial charge in [0.25, 0.3) is 0 Å². The van der Waals surface area contributed by atoms with Crippen molar-refractivity contribution in [1.29, 1.82) is 0 Å². The number of rotatable bonds is 5. The summed E-state index contributed by atoms with van der Waals surface area (Å²) in [5.41, 5.74) is 2.32. The van der Waals surface area contributed by atoms with Crippen molar-refractivity contribution in [3.05, 3.63) is 35.4 Å². The third-order valence-corrected chi connectivity index (χ3v) is 5.34. The molecule has 2 heterocycles. The van der Waals surface area contributed by atoms with Crippen LogP contribution in [0.5, 0.6) is 0 Å². The number of fused-ring (bicyclic) bond motifs is 1. The normalized spacial score (nSPS) is 20.0. The first-order valence-electron chi connectivity index (χ1n) is 10.4. The molecule has 2 aliphatic heterocycles. The van der Waals surface area contributed by atoms with Gasteiger partial charge in [-0.15, -0.1) is 0 Å². The number of nitrogens with zero attached hydrogens (tertiary/aromatic N) is 2. The molecule has 1 N–H and O–H groups in total. The Labute approximate surface area is 168 Å². The maximum atomic E-state index is 12.6. The van der Waals surface area contributed by atoms with E-state index in [0.717, 1.165) is 38.9 Å². The molecule has 0 aliphatic carbocycles. The summed E-state index contributed by atoms with van der Waals surface area (Å²) < 4.78 is 5.44. The van der Waals surface area contributed by atoms with E-state index in [4.69, 9.17) is 4.74 Å². The van der Waals surface area contributed by atoms with E-state index in [1.807, 2.05) is 20.8 Å². The van der Waals surface area contributed by atoms with E-state index in [9.17, 15) is 9.59 Å². The fourth-order valence-corrected chi connectivity index (χ4v) is 3.96. The molecule has 1 aromatic carbocycles. The topological polar surface area (TPSA) is 61.9 Å². The quantitative estimate of drug-likeness (QED) is 0.789. The maximum absolute atomic E-state index is 12.6. The molecule has 3 rings (SSSR count). The van der Waals surface area contributed by atoms with E-state index in [-0.39, 0.29) is 5.91 Å². The molecule has 1 fully saturated rings. The van der Waals surface area contributed by atoms with Crippen LogP contribution in [0, 0.1) is 0 Å². The van der Waals surface area contributed by atoms with Crippen LogP contribution in [0.2, 0.25) is 0 Å². The van der Waals surface area contributed by atoms with Crippen molar-refractivity contribution < 1.29 is 14.3 Å². The molecule has 154 valence electrons. The molecule has 1 unspecified atom stereocenters. The van der Waals surface area contributed by atoms with Crippen LogP contribution in [-0.2, 0) is 22.5 Å². The van der Waals surface area contributed by atoms with Crippen LogP contribution in [-0.4, -0.2) is 59.6 Å². The van der Waals surface area contributed by atoms with Gasteiger partial charge in [0, 0.05) is 32.7 Å². The molecule has 0 saturated carbocycles. The van der Waals surface area contributed by atoms with Gasteiger partial charge >= 0.3 is 6.09 Å². The van der Waals surface area contributed by atoms with Crippen molar-refractivity contribution >= 4 is 12.0 Å². The number of benzene rings is 1. The first-order chi connectivity index (χ1) is 13.3. The number of ether oxygens (including phenoxy) is 1.